The lowest BCUT2D eigenvalue weighted by molar-refractivity contribution is 0.356. The molecule has 1 fully saturated rings. The van der Waals surface area contributed by atoms with Crippen molar-refractivity contribution >= 4 is 11.6 Å². The molecule has 0 aliphatic carbocycles. The number of aliphatic imine (C=N–C) groups is 1. The summed E-state index contributed by atoms with van der Waals surface area (Å²) in [6, 6.07) is 5.40. The Morgan fingerprint density at radius 2 is 2.00 bits per heavy atom. The van der Waals surface area contributed by atoms with E-state index in [4.69, 9.17) is 4.52 Å². The maximum absolute atomic E-state index is 13.9. The van der Waals surface area contributed by atoms with E-state index in [0.717, 1.165) is 29.5 Å². The lowest BCUT2D eigenvalue weighted by Crippen LogP contribution is -2.52. The molecule has 0 bridgehead atoms. The highest BCUT2D eigenvalue weighted by molar-refractivity contribution is 5.80. The highest BCUT2D eigenvalue weighted by Crippen LogP contribution is 2.21. The summed E-state index contributed by atoms with van der Waals surface area (Å²) in [5.74, 6) is 0.643. The Balaban J connectivity index is 1.57. The number of aromatic nitrogens is 1. The van der Waals surface area contributed by atoms with Crippen LogP contribution in [0.25, 0.3) is 0 Å². The number of anilines is 1. The summed E-state index contributed by atoms with van der Waals surface area (Å²) >= 11 is 0. The first-order valence-electron chi connectivity index (χ1n) is 8.14. The molecule has 134 valence electrons. The molecule has 1 aliphatic rings. The molecule has 0 spiro atoms. The van der Waals surface area contributed by atoms with E-state index >= 15 is 0 Å². The maximum Gasteiger partial charge on any atom is 0.194 e. The first-order chi connectivity index (χ1) is 12.1. The van der Waals surface area contributed by atoms with Gasteiger partial charge in [-0.1, -0.05) is 5.16 Å². The van der Waals surface area contributed by atoms with E-state index < -0.39 is 11.6 Å². The molecule has 1 aromatic carbocycles. The lowest BCUT2D eigenvalue weighted by Gasteiger charge is -2.37. The fourth-order valence-electron chi connectivity index (χ4n) is 2.89. The smallest absolute Gasteiger partial charge is 0.194 e. The van der Waals surface area contributed by atoms with Crippen molar-refractivity contribution in [3.05, 3.63) is 47.4 Å². The van der Waals surface area contributed by atoms with Crippen molar-refractivity contribution in [3.63, 3.8) is 0 Å². The first-order valence-corrected chi connectivity index (χ1v) is 8.14. The molecule has 0 unspecified atom stereocenters. The molecule has 1 aliphatic heterocycles. The summed E-state index contributed by atoms with van der Waals surface area (Å²) in [6.07, 6.45) is 0. The van der Waals surface area contributed by atoms with Gasteiger partial charge in [0.25, 0.3) is 0 Å². The van der Waals surface area contributed by atoms with Crippen LogP contribution in [0.4, 0.5) is 14.5 Å². The Bertz CT molecular complexity index is 753. The van der Waals surface area contributed by atoms with Gasteiger partial charge < -0.3 is 19.6 Å². The van der Waals surface area contributed by atoms with Gasteiger partial charge in [0, 0.05) is 45.4 Å². The number of benzene rings is 1. The maximum atomic E-state index is 13.9. The van der Waals surface area contributed by atoms with E-state index in [0.29, 0.717) is 38.4 Å². The Hall–Kier alpha value is -2.64. The van der Waals surface area contributed by atoms with Gasteiger partial charge >= 0.3 is 0 Å². The van der Waals surface area contributed by atoms with Crippen LogP contribution < -0.4 is 10.2 Å². The number of hydrogen-bond donors (Lipinski definition) is 1. The predicted molar refractivity (Wildman–Crippen MR) is 91.6 cm³/mol. The second-order valence-corrected chi connectivity index (χ2v) is 5.91. The minimum Gasteiger partial charge on any atom is -0.366 e. The molecule has 3 rings (SSSR count). The first kappa shape index (κ1) is 17.2. The van der Waals surface area contributed by atoms with E-state index in [9.17, 15) is 8.78 Å². The monoisotopic (exact) mass is 349 g/mol. The molecule has 2 aromatic rings. The molecule has 0 radical (unpaired) electrons. The van der Waals surface area contributed by atoms with Crippen molar-refractivity contribution in [3.8, 4) is 0 Å². The Kier molecular flexibility index (Phi) is 5.16. The average molecular weight is 349 g/mol. The van der Waals surface area contributed by atoms with E-state index in [2.05, 4.69) is 20.4 Å². The lowest BCUT2D eigenvalue weighted by atomic mass is 10.2. The molecule has 0 amide bonds. The summed E-state index contributed by atoms with van der Waals surface area (Å²) < 4.78 is 32.5. The quantitative estimate of drug-likeness (QED) is 0.680. The summed E-state index contributed by atoms with van der Waals surface area (Å²) in [5, 5.41) is 7.08. The third-order valence-corrected chi connectivity index (χ3v) is 4.14. The van der Waals surface area contributed by atoms with E-state index in [-0.39, 0.29) is 0 Å². The molecule has 8 heteroatoms. The molecule has 1 saturated heterocycles. The zero-order valence-electron chi connectivity index (χ0n) is 14.3. The van der Waals surface area contributed by atoms with Crippen molar-refractivity contribution in [1.29, 1.82) is 0 Å². The summed E-state index contributed by atoms with van der Waals surface area (Å²) in [4.78, 5) is 8.21. The van der Waals surface area contributed by atoms with Gasteiger partial charge in [0.2, 0.25) is 0 Å². The van der Waals surface area contributed by atoms with Gasteiger partial charge in [-0.25, -0.2) is 8.78 Å². The molecule has 0 saturated carbocycles. The van der Waals surface area contributed by atoms with E-state index in [1.807, 2.05) is 17.9 Å². The minimum atomic E-state index is -0.432. The number of rotatable bonds is 3. The van der Waals surface area contributed by atoms with Crippen LogP contribution >= 0.6 is 0 Å². The largest absolute Gasteiger partial charge is 0.366 e. The van der Waals surface area contributed by atoms with Crippen molar-refractivity contribution in [2.24, 2.45) is 4.99 Å². The summed E-state index contributed by atoms with van der Waals surface area (Å²) in [5.41, 5.74) is 1.14. The number of nitrogens with zero attached hydrogens (tertiary/aromatic N) is 4. The average Bonchev–Trinajstić information content (AvgIpc) is 3.03. The Morgan fingerprint density at radius 1 is 1.24 bits per heavy atom. The molecule has 6 nitrogen and oxygen atoms in total. The topological polar surface area (TPSA) is 56.9 Å². The van der Waals surface area contributed by atoms with Crippen molar-refractivity contribution in [2.75, 3.05) is 38.1 Å². The highest BCUT2D eigenvalue weighted by Gasteiger charge is 2.22. The molecular formula is C17H21F2N5O. The van der Waals surface area contributed by atoms with Gasteiger partial charge in [-0.3, -0.25) is 4.99 Å². The summed E-state index contributed by atoms with van der Waals surface area (Å²) in [7, 11) is 1.71. The third-order valence-electron chi connectivity index (χ3n) is 4.14. The van der Waals surface area contributed by atoms with Gasteiger partial charge in [0.15, 0.2) is 11.7 Å². The van der Waals surface area contributed by atoms with Crippen LogP contribution in [0.3, 0.4) is 0 Å². The number of hydrogen-bond acceptors (Lipinski definition) is 4. The molecule has 25 heavy (non-hydrogen) atoms. The summed E-state index contributed by atoms with van der Waals surface area (Å²) in [6.45, 7) is 4.85. The number of piperazine rings is 1. The molecule has 0 atom stereocenters. The number of nitrogens with one attached hydrogen (secondary N) is 1. The SMILES string of the molecule is CN=C(NCc1cc(C)no1)N1CCN(c2cc(F)ccc2F)CC1. The standard InChI is InChI=1S/C17H21F2N5O/c1-12-9-14(25-22-12)11-21-17(20-2)24-7-5-23(6-8-24)16-10-13(18)3-4-15(16)19/h3-4,9-10H,5-8,11H2,1-2H3,(H,20,21). The van der Waals surface area contributed by atoms with Crippen LogP contribution in [-0.4, -0.2) is 49.2 Å². The van der Waals surface area contributed by atoms with Crippen molar-refractivity contribution in [2.45, 2.75) is 13.5 Å². The predicted octanol–water partition coefficient (Wildman–Crippen LogP) is 2.16. The van der Waals surface area contributed by atoms with Crippen LogP contribution in [0.5, 0.6) is 0 Å². The second kappa shape index (κ2) is 7.50. The van der Waals surface area contributed by atoms with Crippen LogP contribution in [0, 0.1) is 18.6 Å². The fraction of sp³-hybridized carbons (Fsp3) is 0.412. The number of halogens is 2. The van der Waals surface area contributed by atoms with Gasteiger partial charge in [-0.2, -0.15) is 0 Å². The molecule has 2 heterocycles. The second-order valence-electron chi connectivity index (χ2n) is 5.91. The zero-order chi connectivity index (χ0) is 17.8. The third kappa shape index (κ3) is 4.07. The van der Waals surface area contributed by atoms with Crippen LogP contribution in [0.1, 0.15) is 11.5 Å². The van der Waals surface area contributed by atoms with Crippen molar-refractivity contribution < 1.29 is 13.3 Å². The van der Waals surface area contributed by atoms with Crippen LogP contribution in [0.2, 0.25) is 0 Å². The van der Waals surface area contributed by atoms with Gasteiger partial charge in [-0.15, -0.1) is 0 Å². The van der Waals surface area contributed by atoms with Gasteiger partial charge in [0.05, 0.1) is 17.9 Å². The zero-order valence-corrected chi connectivity index (χ0v) is 14.3. The Labute approximate surface area is 145 Å². The van der Waals surface area contributed by atoms with E-state index in [1.165, 1.54) is 6.07 Å². The molecule has 1 aromatic heterocycles. The molecule has 1 N–H and O–H groups in total. The fourth-order valence-corrected chi connectivity index (χ4v) is 2.89. The minimum absolute atomic E-state index is 0.305. The highest BCUT2D eigenvalue weighted by atomic mass is 19.1. The van der Waals surface area contributed by atoms with Gasteiger partial charge in [-0.05, 0) is 19.1 Å². The number of aryl methyl sites for hydroxylation is 1. The normalized spacial score (nSPS) is 15.6. The van der Waals surface area contributed by atoms with E-state index in [1.54, 1.807) is 7.05 Å². The number of guanidine groups is 1. The van der Waals surface area contributed by atoms with Crippen LogP contribution in [-0.2, 0) is 6.54 Å². The van der Waals surface area contributed by atoms with Crippen molar-refractivity contribution in [1.82, 2.24) is 15.4 Å². The van der Waals surface area contributed by atoms with Gasteiger partial charge in [0.1, 0.15) is 11.6 Å². The Morgan fingerprint density at radius 3 is 2.64 bits per heavy atom. The van der Waals surface area contributed by atoms with Crippen LogP contribution in [0.15, 0.2) is 33.8 Å². The molecular weight excluding hydrogens is 328 g/mol.